The molecule has 25 heavy (non-hydrogen) atoms. The van der Waals surface area contributed by atoms with Crippen LogP contribution in [0.3, 0.4) is 0 Å². The number of carbonyl (C=O) groups is 1. The number of hydrogen-bond acceptors (Lipinski definition) is 5. The molecule has 1 aliphatic carbocycles. The molecule has 0 unspecified atom stereocenters. The minimum Gasteiger partial charge on any atom is -0.481 e. The number of pyridine rings is 1. The monoisotopic (exact) mass is 345 g/mol. The quantitative estimate of drug-likeness (QED) is 0.846. The minimum atomic E-state index is 0.183. The molecule has 136 valence electrons. The Balaban J connectivity index is 1.30. The molecule has 0 aromatic carbocycles. The van der Waals surface area contributed by atoms with E-state index in [0.29, 0.717) is 24.3 Å². The van der Waals surface area contributed by atoms with Gasteiger partial charge in [0.05, 0.1) is 19.8 Å². The van der Waals surface area contributed by atoms with Crippen LogP contribution in [-0.4, -0.2) is 55.2 Å². The highest BCUT2D eigenvalue weighted by Crippen LogP contribution is 2.35. The summed E-state index contributed by atoms with van der Waals surface area (Å²) in [6, 6.07) is 4.04. The van der Waals surface area contributed by atoms with Crippen LogP contribution in [0.5, 0.6) is 5.88 Å². The van der Waals surface area contributed by atoms with E-state index in [0.717, 1.165) is 51.1 Å². The van der Waals surface area contributed by atoms with Crippen molar-refractivity contribution >= 4 is 5.91 Å². The van der Waals surface area contributed by atoms with Gasteiger partial charge in [-0.15, -0.1) is 0 Å². The summed E-state index contributed by atoms with van der Waals surface area (Å²) in [5.74, 6) is 2.32. The number of methoxy groups -OCH3 is 1. The lowest BCUT2D eigenvalue weighted by atomic mass is 9.84. The van der Waals surface area contributed by atoms with Crippen LogP contribution in [0.15, 0.2) is 18.3 Å². The SMILES string of the molecule is COc1ncccc1CN1CC[C@H]2[C@H](CO[C@@H]2CNC(=O)C2CC2)C1. The predicted molar refractivity (Wildman–Crippen MR) is 93.1 cm³/mol. The van der Waals surface area contributed by atoms with Crippen LogP contribution < -0.4 is 10.1 Å². The third-order valence-corrected chi connectivity index (χ3v) is 5.74. The molecule has 1 amide bonds. The maximum absolute atomic E-state index is 11.8. The van der Waals surface area contributed by atoms with Gasteiger partial charge in [-0.3, -0.25) is 9.69 Å². The molecule has 4 rings (SSSR count). The van der Waals surface area contributed by atoms with E-state index in [4.69, 9.17) is 9.47 Å². The van der Waals surface area contributed by atoms with E-state index in [2.05, 4.69) is 21.3 Å². The molecule has 0 spiro atoms. The fourth-order valence-corrected chi connectivity index (χ4v) is 4.18. The van der Waals surface area contributed by atoms with Crippen molar-refractivity contribution in [1.82, 2.24) is 15.2 Å². The Morgan fingerprint density at radius 2 is 2.32 bits per heavy atom. The molecule has 3 fully saturated rings. The molecule has 1 aromatic heterocycles. The molecule has 2 saturated heterocycles. The highest BCUT2D eigenvalue weighted by molar-refractivity contribution is 5.80. The van der Waals surface area contributed by atoms with Gasteiger partial charge in [-0.2, -0.15) is 0 Å². The second-order valence-corrected chi connectivity index (χ2v) is 7.51. The molecule has 0 bridgehead atoms. The van der Waals surface area contributed by atoms with Gasteiger partial charge in [0.15, 0.2) is 0 Å². The molecule has 6 nitrogen and oxygen atoms in total. The van der Waals surface area contributed by atoms with Gasteiger partial charge in [-0.05, 0) is 37.8 Å². The van der Waals surface area contributed by atoms with Crippen molar-refractivity contribution in [3.05, 3.63) is 23.9 Å². The topological polar surface area (TPSA) is 63.7 Å². The summed E-state index contributed by atoms with van der Waals surface area (Å²) in [7, 11) is 1.67. The number of nitrogens with zero attached hydrogens (tertiary/aromatic N) is 2. The fourth-order valence-electron chi connectivity index (χ4n) is 4.18. The van der Waals surface area contributed by atoms with Gasteiger partial charge in [0.2, 0.25) is 11.8 Å². The van der Waals surface area contributed by atoms with Crippen LogP contribution in [0.2, 0.25) is 0 Å². The number of piperidine rings is 1. The molecule has 1 aromatic rings. The number of nitrogens with one attached hydrogen (secondary N) is 1. The second kappa shape index (κ2) is 7.30. The zero-order valence-corrected chi connectivity index (χ0v) is 14.8. The van der Waals surface area contributed by atoms with Crippen LogP contribution in [0.4, 0.5) is 0 Å². The van der Waals surface area contributed by atoms with E-state index in [-0.39, 0.29) is 17.9 Å². The van der Waals surface area contributed by atoms with Crippen molar-refractivity contribution in [2.24, 2.45) is 17.8 Å². The Morgan fingerprint density at radius 3 is 3.12 bits per heavy atom. The number of ether oxygens (including phenoxy) is 2. The van der Waals surface area contributed by atoms with E-state index < -0.39 is 0 Å². The summed E-state index contributed by atoms with van der Waals surface area (Å²) < 4.78 is 11.4. The number of likely N-dealkylation sites (tertiary alicyclic amines) is 1. The maximum atomic E-state index is 11.8. The van der Waals surface area contributed by atoms with Gasteiger partial charge in [0.1, 0.15) is 0 Å². The van der Waals surface area contributed by atoms with Gasteiger partial charge in [-0.25, -0.2) is 4.98 Å². The normalized spacial score (nSPS) is 29.2. The minimum absolute atomic E-state index is 0.183. The number of carbonyl (C=O) groups excluding carboxylic acids is 1. The molecule has 3 aliphatic rings. The van der Waals surface area contributed by atoms with Crippen molar-refractivity contribution in [2.75, 3.05) is 33.4 Å². The van der Waals surface area contributed by atoms with Crippen molar-refractivity contribution < 1.29 is 14.3 Å². The molecule has 0 radical (unpaired) electrons. The fraction of sp³-hybridized carbons (Fsp3) is 0.684. The predicted octanol–water partition coefficient (Wildman–Crippen LogP) is 1.45. The number of rotatable bonds is 6. The molecule has 3 heterocycles. The first-order valence-electron chi connectivity index (χ1n) is 9.34. The average molecular weight is 345 g/mol. The first kappa shape index (κ1) is 16.8. The molecule has 3 atom stereocenters. The van der Waals surface area contributed by atoms with Crippen molar-refractivity contribution in [3.8, 4) is 5.88 Å². The number of amides is 1. The molecule has 1 saturated carbocycles. The van der Waals surface area contributed by atoms with Crippen LogP contribution in [0.1, 0.15) is 24.8 Å². The van der Waals surface area contributed by atoms with E-state index in [9.17, 15) is 4.79 Å². The Bertz CT molecular complexity index is 620. The standard InChI is InChI=1S/C19H27N3O3/c1-24-19-14(3-2-7-20-19)10-22-8-6-16-15(11-22)12-25-17(16)9-21-18(23)13-4-5-13/h2-3,7,13,15-17H,4-6,8-12H2,1H3,(H,21,23)/t15-,16-,17+/m0/s1. The van der Waals surface area contributed by atoms with Gasteiger partial charge in [0, 0.05) is 43.2 Å². The maximum Gasteiger partial charge on any atom is 0.223 e. The van der Waals surface area contributed by atoms with Crippen LogP contribution in [-0.2, 0) is 16.1 Å². The van der Waals surface area contributed by atoms with Crippen LogP contribution >= 0.6 is 0 Å². The van der Waals surface area contributed by atoms with Crippen molar-refractivity contribution in [3.63, 3.8) is 0 Å². The third-order valence-electron chi connectivity index (χ3n) is 5.74. The summed E-state index contributed by atoms with van der Waals surface area (Å²) in [6.45, 7) is 4.43. The van der Waals surface area contributed by atoms with Gasteiger partial charge >= 0.3 is 0 Å². The van der Waals surface area contributed by atoms with Crippen LogP contribution in [0.25, 0.3) is 0 Å². The van der Waals surface area contributed by atoms with Gasteiger partial charge < -0.3 is 14.8 Å². The van der Waals surface area contributed by atoms with E-state index in [1.807, 2.05) is 6.07 Å². The van der Waals surface area contributed by atoms with Gasteiger partial charge in [0.25, 0.3) is 0 Å². The summed E-state index contributed by atoms with van der Waals surface area (Å²) in [4.78, 5) is 18.6. The Kier molecular flexibility index (Phi) is 4.90. The summed E-state index contributed by atoms with van der Waals surface area (Å²) in [5, 5.41) is 3.08. The first-order chi connectivity index (χ1) is 12.2. The second-order valence-electron chi connectivity index (χ2n) is 7.51. The number of hydrogen-bond donors (Lipinski definition) is 1. The summed E-state index contributed by atoms with van der Waals surface area (Å²) in [6.07, 6.45) is 5.17. The zero-order valence-electron chi connectivity index (χ0n) is 14.8. The molecular formula is C19H27N3O3. The smallest absolute Gasteiger partial charge is 0.223 e. The Hall–Kier alpha value is -1.66. The first-order valence-corrected chi connectivity index (χ1v) is 9.34. The molecule has 1 N–H and O–H groups in total. The molecule has 2 aliphatic heterocycles. The van der Waals surface area contributed by atoms with E-state index in [1.165, 1.54) is 0 Å². The average Bonchev–Trinajstić information content (AvgIpc) is 3.41. The summed E-state index contributed by atoms with van der Waals surface area (Å²) in [5.41, 5.74) is 1.13. The van der Waals surface area contributed by atoms with E-state index in [1.54, 1.807) is 13.3 Å². The lowest BCUT2D eigenvalue weighted by molar-refractivity contribution is -0.122. The number of aromatic nitrogens is 1. The Morgan fingerprint density at radius 1 is 1.44 bits per heavy atom. The van der Waals surface area contributed by atoms with Crippen LogP contribution in [0, 0.1) is 17.8 Å². The third kappa shape index (κ3) is 3.80. The summed E-state index contributed by atoms with van der Waals surface area (Å²) >= 11 is 0. The van der Waals surface area contributed by atoms with Crippen molar-refractivity contribution in [2.45, 2.75) is 31.9 Å². The molecular weight excluding hydrogens is 318 g/mol. The van der Waals surface area contributed by atoms with Gasteiger partial charge in [-0.1, -0.05) is 6.07 Å². The highest BCUT2D eigenvalue weighted by atomic mass is 16.5. The van der Waals surface area contributed by atoms with Crippen molar-refractivity contribution in [1.29, 1.82) is 0 Å². The van der Waals surface area contributed by atoms with E-state index >= 15 is 0 Å². The number of fused-ring (bicyclic) bond motifs is 1. The lowest BCUT2D eigenvalue weighted by Gasteiger charge is -2.35. The largest absolute Gasteiger partial charge is 0.481 e. The zero-order chi connectivity index (χ0) is 17.2. The molecule has 6 heteroatoms. The lowest BCUT2D eigenvalue weighted by Crippen LogP contribution is -2.43. The highest BCUT2D eigenvalue weighted by Gasteiger charge is 2.41. The Labute approximate surface area is 148 Å².